The Kier molecular flexibility index (Phi) is 6.26. The third-order valence-electron chi connectivity index (χ3n) is 3.82. The Morgan fingerprint density at radius 3 is 2.40 bits per heavy atom. The van der Waals surface area contributed by atoms with Crippen molar-refractivity contribution >= 4 is 12.0 Å². The van der Waals surface area contributed by atoms with E-state index >= 15 is 0 Å². The van der Waals surface area contributed by atoms with Gasteiger partial charge in [-0.25, -0.2) is 9.59 Å². The van der Waals surface area contributed by atoms with Gasteiger partial charge in [0.25, 0.3) is 0 Å². The molecule has 0 aliphatic carbocycles. The molecule has 0 aromatic heterocycles. The summed E-state index contributed by atoms with van der Waals surface area (Å²) in [5.74, 6) is -0.686. The summed E-state index contributed by atoms with van der Waals surface area (Å²) >= 11 is 0. The average Bonchev–Trinajstić information content (AvgIpc) is 2.81. The molecular formula is C14H27N3O3. The van der Waals surface area contributed by atoms with E-state index in [0.29, 0.717) is 18.5 Å². The zero-order valence-corrected chi connectivity index (χ0v) is 12.8. The summed E-state index contributed by atoms with van der Waals surface area (Å²) in [7, 11) is 0. The number of rotatable bonds is 6. The monoisotopic (exact) mass is 285 g/mol. The largest absolute Gasteiger partial charge is 0.480 e. The van der Waals surface area contributed by atoms with Crippen molar-refractivity contribution in [2.45, 2.75) is 46.2 Å². The lowest BCUT2D eigenvalue weighted by atomic mass is 10.1. The smallest absolute Gasteiger partial charge is 0.326 e. The quantitative estimate of drug-likeness (QED) is 0.683. The summed E-state index contributed by atoms with van der Waals surface area (Å²) in [5.41, 5.74) is 0. The summed E-state index contributed by atoms with van der Waals surface area (Å²) in [4.78, 5) is 25.1. The summed E-state index contributed by atoms with van der Waals surface area (Å²) in [6.45, 7) is 10.5. The molecule has 2 unspecified atom stereocenters. The number of aliphatic carboxylic acids is 1. The second kappa shape index (κ2) is 7.47. The molecule has 1 fully saturated rings. The molecular weight excluding hydrogens is 258 g/mol. The van der Waals surface area contributed by atoms with Gasteiger partial charge in [-0.1, -0.05) is 13.8 Å². The fourth-order valence-electron chi connectivity index (χ4n) is 2.44. The van der Waals surface area contributed by atoms with Crippen LogP contribution < -0.4 is 10.6 Å². The summed E-state index contributed by atoms with van der Waals surface area (Å²) in [6.07, 6.45) is 1.07. The van der Waals surface area contributed by atoms with Crippen LogP contribution >= 0.6 is 0 Å². The van der Waals surface area contributed by atoms with Crippen LogP contribution in [0.3, 0.4) is 0 Å². The average molecular weight is 285 g/mol. The van der Waals surface area contributed by atoms with Gasteiger partial charge in [0.1, 0.15) is 6.04 Å². The highest BCUT2D eigenvalue weighted by Gasteiger charge is 2.26. The van der Waals surface area contributed by atoms with Crippen LogP contribution in [0.5, 0.6) is 0 Å². The Labute approximate surface area is 120 Å². The van der Waals surface area contributed by atoms with Crippen LogP contribution in [0.4, 0.5) is 4.79 Å². The first-order valence-corrected chi connectivity index (χ1v) is 7.32. The molecule has 2 amide bonds. The van der Waals surface area contributed by atoms with Crippen molar-refractivity contribution < 1.29 is 14.7 Å². The molecule has 0 radical (unpaired) electrons. The standard InChI is InChI=1S/C14H27N3O3/c1-9(2)12(13(18)19)16-14(20)15-7-11-5-6-17(8-11)10(3)4/h9-12H,5-8H2,1-4H3,(H,18,19)(H2,15,16,20). The van der Waals surface area contributed by atoms with Crippen LogP contribution in [0, 0.1) is 11.8 Å². The maximum absolute atomic E-state index is 11.7. The Bertz CT molecular complexity index is 345. The molecule has 20 heavy (non-hydrogen) atoms. The van der Waals surface area contributed by atoms with Gasteiger partial charge in [0.2, 0.25) is 0 Å². The summed E-state index contributed by atoms with van der Waals surface area (Å²) in [6, 6.07) is -0.703. The molecule has 0 bridgehead atoms. The van der Waals surface area contributed by atoms with Gasteiger partial charge in [0.05, 0.1) is 0 Å². The van der Waals surface area contributed by atoms with Crippen LogP contribution in [0.25, 0.3) is 0 Å². The SMILES string of the molecule is CC(C)C(NC(=O)NCC1CCN(C(C)C)C1)C(=O)O. The third kappa shape index (κ3) is 5.00. The number of carboxylic acid groups (broad SMARTS) is 1. The molecule has 3 N–H and O–H groups in total. The molecule has 0 aromatic rings. The Morgan fingerprint density at radius 2 is 1.95 bits per heavy atom. The Balaban J connectivity index is 2.32. The van der Waals surface area contributed by atoms with E-state index in [9.17, 15) is 9.59 Å². The van der Waals surface area contributed by atoms with Crippen molar-refractivity contribution in [3.63, 3.8) is 0 Å². The highest BCUT2D eigenvalue weighted by atomic mass is 16.4. The van der Waals surface area contributed by atoms with Crippen molar-refractivity contribution in [3.05, 3.63) is 0 Å². The van der Waals surface area contributed by atoms with Crippen molar-refractivity contribution in [1.82, 2.24) is 15.5 Å². The number of carbonyl (C=O) groups is 2. The topological polar surface area (TPSA) is 81.7 Å². The number of carbonyl (C=O) groups excluding carboxylic acids is 1. The second-order valence-electron chi connectivity index (χ2n) is 6.16. The van der Waals surface area contributed by atoms with Crippen LogP contribution in [-0.4, -0.2) is 53.7 Å². The van der Waals surface area contributed by atoms with Gasteiger partial charge in [-0.15, -0.1) is 0 Å². The molecule has 1 heterocycles. The first-order chi connectivity index (χ1) is 9.31. The zero-order chi connectivity index (χ0) is 15.3. The van der Waals surface area contributed by atoms with E-state index in [0.717, 1.165) is 19.5 Å². The normalized spacial score (nSPS) is 21.2. The van der Waals surface area contributed by atoms with Crippen LogP contribution in [-0.2, 0) is 4.79 Å². The number of hydrogen-bond acceptors (Lipinski definition) is 3. The maximum atomic E-state index is 11.7. The number of amides is 2. The number of likely N-dealkylation sites (tertiary alicyclic amines) is 1. The van der Waals surface area contributed by atoms with Gasteiger partial charge in [0, 0.05) is 19.1 Å². The lowest BCUT2D eigenvalue weighted by Crippen LogP contribution is -2.49. The van der Waals surface area contributed by atoms with E-state index < -0.39 is 18.0 Å². The number of hydrogen-bond donors (Lipinski definition) is 3. The lowest BCUT2D eigenvalue weighted by Gasteiger charge is -2.21. The number of urea groups is 1. The molecule has 0 saturated carbocycles. The van der Waals surface area contributed by atoms with E-state index in [1.807, 2.05) is 0 Å². The Hall–Kier alpha value is -1.30. The van der Waals surface area contributed by atoms with E-state index in [2.05, 4.69) is 29.4 Å². The fraction of sp³-hybridized carbons (Fsp3) is 0.857. The predicted octanol–water partition coefficient (Wildman–Crippen LogP) is 1.13. The van der Waals surface area contributed by atoms with E-state index in [1.165, 1.54) is 0 Å². The molecule has 1 aliphatic heterocycles. The van der Waals surface area contributed by atoms with Crippen molar-refractivity contribution in [2.24, 2.45) is 11.8 Å². The van der Waals surface area contributed by atoms with Crippen LogP contribution in [0.1, 0.15) is 34.1 Å². The van der Waals surface area contributed by atoms with Crippen molar-refractivity contribution in [2.75, 3.05) is 19.6 Å². The predicted molar refractivity (Wildman–Crippen MR) is 77.6 cm³/mol. The van der Waals surface area contributed by atoms with Gasteiger partial charge in [-0.2, -0.15) is 0 Å². The highest BCUT2D eigenvalue weighted by molar-refractivity contribution is 5.82. The van der Waals surface area contributed by atoms with Gasteiger partial charge in [-0.3, -0.25) is 0 Å². The minimum Gasteiger partial charge on any atom is -0.480 e. The third-order valence-corrected chi connectivity index (χ3v) is 3.82. The van der Waals surface area contributed by atoms with E-state index in [4.69, 9.17) is 5.11 Å². The lowest BCUT2D eigenvalue weighted by molar-refractivity contribution is -0.140. The van der Waals surface area contributed by atoms with E-state index in [1.54, 1.807) is 13.8 Å². The number of nitrogens with zero attached hydrogens (tertiary/aromatic N) is 1. The molecule has 6 heteroatoms. The van der Waals surface area contributed by atoms with Crippen LogP contribution in [0.2, 0.25) is 0 Å². The fourth-order valence-corrected chi connectivity index (χ4v) is 2.44. The van der Waals surface area contributed by atoms with Crippen LogP contribution in [0.15, 0.2) is 0 Å². The molecule has 2 atom stereocenters. The van der Waals surface area contributed by atoms with Crippen molar-refractivity contribution in [1.29, 1.82) is 0 Å². The Morgan fingerprint density at radius 1 is 1.30 bits per heavy atom. The zero-order valence-electron chi connectivity index (χ0n) is 12.8. The molecule has 6 nitrogen and oxygen atoms in total. The maximum Gasteiger partial charge on any atom is 0.326 e. The second-order valence-corrected chi connectivity index (χ2v) is 6.16. The number of carboxylic acids is 1. The molecule has 1 aliphatic rings. The molecule has 1 saturated heterocycles. The first kappa shape index (κ1) is 16.8. The van der Waals surface area contributed by atoms with Gasteiger partial charge < -0.3 is 20.6 Å². The van der Waals surface area contributed by atoms with E-state index in [-0.39, 0.29) is 5.92 Å². The van der Waals surface area contributed by atoms with Gasteiger partial charge in [0.15, 0.2) is 0 Å². The minimum absolute atomic E-state index is 0.138. The molecule has 0 spiro atoms. The van der Waals surface area contributed by atoms with Crippen molar-refractivity contribution in [3.8, 4) is 0 Å². The highest BCUT2D eigenvalue weighted by Crippen LogP contribution is 2.17. The first-order valence-electron chi connectivity index (χ1n) is 7.32. The summed E-state index contributed by atoms with van der Waals surface area (Å²) < 4.78 is 0. The molecule has 0 aromatic carbocycles. The number of nitrogens with one attached hydrogen (secondary N) is 2. The minimum atomic E-state index is -0.998. The van der Waals surface area contributed by atoms with Gasteiger partial charge >= 0.3 is 12.0 Å². The summed E-state index contributed by atoms with van der Waals surface area (Å²) in [5, 5.41) is 14.3. The van der Waals surface area contributed by atoms with Gasteiger partial charge in [-0.05, 0) is 38.6 Å². The molecule has 116 valence electrons. The molecule has 1 rings (SSSR count).